The predicted octanol–water partition coefficient (Wildman–Crippen LogP) is 1.21. The Kier molecular flexibility index (Phi) is 3.91. The van der Waals surface area contributed by atoms with Crippen LogP contribution in [0.4, 0.5) is 8.78 Å². The molecule has 0 bridgehead atoms. The number of hydrogen-bond donors (Lipinski definition) is 2. The minimum Gasteiger partial charge on any atom is -0.348 e. The lowest BCUT2D eigenvalue weighted by molar-refractivity contribution is 0.514. The highest BCUT2D eigenvalue weighted by Crippen LogP contribution is 2.17. The van der Waals surface area contributed by atoms with Crippen LogP contribution in [0.15, 0.2) is 35.6 Å². The largest absolute Gasteiger partial charge is 0.348 e. The molecule has 5 nitrogen and oxygen atoms in total. The van der Waals surface area contributed by atoms with Gasteiger partial charge in [0.2, 0.25) is 10.0 Å². The average molecular weight is 287 g/mol. The molecule has 1 aromatic carbocycles. The van der Waals surface area contributed by atoms with Crippen molar-refractivity contribution in [3.05, 3.63) is 48.1 Å². The first-order valence-corrected chi connectivity index (χ1v) is 6.90. The number of hydrogen-bond acceptors (Lipinski definition) is 3. The van der Waals surface area contributed by atoms with Gasteiger partial charge in [-0.2, -0.15) is 0 Å². The first-order chi connectivity index (χ1) is 9.00. The summed E-state index contributed by atoms with van der Waals surface area (Å²) < 4.78 is 52.5. The molecule has 0 saturated heterocycles. The predicted molar refractivity (Wildman–Crippen MR) is 63.8 cm³/mol. The molecule has 2 rings (SSSR count). The number of halogens is 2. The molecule has 0 aliphatic heterocycles. The zero-order chi connectivity index (χ0) is 13.9. The van der Waals surface area contributed by atoms with E-state index in [1.165, 1.54) is 12.5 Å². The maximum Gasteiger partial charge on any atom is 0.246 e. The Morgan fingerprint density at radius 2 is 1.95 bits per heavy atom. The summed E-state index contributed by atoms with van der Waals surface area (Å²) >= 11 is 0. The maximum absolute atomic E-state index is 13.4. The first kappa shape index (κ1) is 13.6. The summed E-state index contributed by atoms with van der Waals surface area (Å²) in [6.07, 6.45) is 3.34. The molecule has 0 unspecified atom stereocenters. The second-order valence-electron chi connectivity index (χ2n) is 3.78. The quantitative estimate of drug-likeness (QED) is 0.868. The van der Waals surface area contributed by atoms with Gasteiger partial charge in [0.1, 0.15) is 11.6 Å². The molecule has 0 atom stereocenters. The molecule has 1 aromatic heterocycles. The highest BCUT2D eigenvalue weighted by molar-refractivity contribution is 7.89. The van der Waals surface area contributed by atoms with Crippen molar-refractivity contribution in [1.29, 1.82) is 0 Å². The van der Waals surface area contributed by atoms with Crippen molar-refractivity contribution < 1.29 is 17.2 Å². The number of nitrogens with one attached hydrogen (secondary N) is 2. The van der Waals surface area contributed by atoms with Crippen molar-refractivity contribution in [1.82, 2.24) is 14.7 Å². The Hall–Kier alpha value is -1.80. The van der Waals surface area contributed by atoms with E-state index in [4.69, 9.17) is 0 Å². The van der Waals surface area contributed by atoms with Gasteiger partial charge in [-0.1, -0.05) is 6.07 Å². The lowest BCUT2D eigenvalue weighted by Gasteiger charge is -2.07. The van der Waals surface area contributed by atoms with Crippen LogP contribution in [-0.4, -0.2) is 24.9 Å². The molecule has 19 heavy (non-hydrogen) atoms. The number of rotatable bonds is 5. The molecule has 0 spiro atoms. The lowest BCUT2D eigenvalue weighted by atomic mass is 10.3. The average Bonchev–Trinajstić information content (AvgIpc) is 2.81. The highest BCUT2D eigenvalue weighted by atomic mass is 32.2. The van der Waals surface area contributed by atoms with Gasteiger partial charge in [-0.05, 0) is 12.1 Å². The highest BCUT2D eigenvalue weighted by Gasteiger charge is 2.23. The third-order valence-electron chi connectivity index (χ3n) is 2.43. The molecular weight excluding hydrogens is 276 g/mol. The van der Waals surface area contributed by atoms with Gasteiger partial charge in [0.05, 0.1) is 6.33 Å². The molecular formula is C11H11F2N3O2S. The Bertz CT molecular complexity index is 636. The monoisotopic (exact) mass is 287 g/mol. The van der Waals surface area contributed by atoms with Crippen molar-refractivity contribution >= 4 is 10.0 Å². The number of H-pyrrole nitrogens is 1. The number of nitrogens with zero attached hydrogens (tertiary/aromatic N) is 1. The van der Waals surface area contributed by atoms with Crippen molar-refractivity contribution in [2.45, 2.75) is 11.3 Å². The van der Waals surface area contributed by atoms with Gasteiger partial charge >= 0.3 is 0 Å². The van der Waals surface area contributed by atoms with Gasteiger partial charge in [0.15, 0.2) is 4.90 Å². The molecule has 2 aromatic rings. The van der Waals surface area contributed by atoms with E-state index in [-0.39, 0.29) is 6.54 Å². The maximum atomic E-state index is 13.4. The Balaban J connectivity index is 2.10. The molecule has 0 amide bonds. The van der Waals surface area contributed by atoms with Crippen LogP contribution in [0, 0.1) is 11.6 Å². The van der Waals surface area contributed by atoms with Crippen LogP contribution in [0.1, 0.15) is 5.69 Å². The van der Waals surface area contributed by atoms with E-state index in [1.54, 1.807) is 0 Å². The Labute approximate surface area is 108 Å². The molecule has 2 N–H and O–H groups in total. The van der Waals surface area contributed by atoms with Crippen LogP contribution in [0.2, 0.25) is 0 Å². The van der Waals surface area contributed by atoms with E-state index in [1.807, 2.05) is 0 Å². The van der Waals surface area contributed by atoms with E-state index in [9.17, 15) is 17.2 Å². The van der Waals surface area contributed by atoms with Crippen molar-refractivity contribution in [3.8, 4) is 0 Å². The van der Waals surface area contributed by atoms with E-state index in [0.29, 0.717) is 6.42 Å². The van der Waals surface area contributed by atoms with Crippen molar-refractivity contribution in [2.24, 2.45) is 0 Å². The summed E-state index contributed by atoms with van der Waals surface area (Å²) in [5.74, 6) is -2.23. The minimum atomic E-state index is -4.21. The van der Waals surface area contributed by atoms with Crippen LogP contribution < -0.4 is 4.72 Å². The zero-order valence-corrected chi connectivity index (χ0v) is 10.5. The van der Waals surface area contributed by atoms with Crippen LogP contribution in [0.3, 0.4) is 0 Å². The molecule has 0 radical (unpaired) electrons. The van der Waals surface area contributed by atoms with Gasteiger partial charge in [0, 0.05) is 24.9 Å². The SMILES string of the molecule is O=S(=O)(NCCc1cnc[nH]1)c1c(F)cccc1F. The summed E-state index contributed by atoms with van der Waals surface area (Å²) in [5.41, 5.74) is 0.719. The summed E-state index contributed by atoms with van der Waals surface area (Å²) in [5, 5.41) is 0. The standard InChI is InChI=1S/C11H11F2N3O2S/c12-9-2-1-3-10(13)11(9)19(17,18)16-5-4-8-6-14-7-15-8/h1-3,6-7,16H,4-5H2,(H,14,15). The van der Waals surface area contributed by atoms with E-state index < -0.39 is 26.6 Å². The first-order valence-electron chi connectivity index (χ1n) is 5.41. The van der Waals surface area contributed by atoms with E-state index in [2.05, 4.69) is 14.7 Å². The molecule has 0 aliphatic rings. The Morgan fingerprint density at radius 1 is 1.26 bits per heavy atom. The third kappa shape index (κ3) is 3.15. The normalized spacial score (nSPS) is 11.7. The number of aromatic amines is 1. The molecule has 8 heteroatoms. The fourth-order valence-corrected chi connectivity index (χ4v) is 2.72. The molecule has 0 fully saturated rings. The van der Waals surface area contributed by atoms with Gasteiger partial charge in [0.25, 0.3) is 0 Å². The third-order valence-corrected chi connectivity index (χ3v) is 3.94. The number of aromatic nitrogens is 2. The topological polar surface area (TPSA) is 74.8 Å². The van der Waals surface area contributed by atoms with E-state index in [0.717, 1.165) is 23.9 Å². The van der Waals surface area contributed by atoms with Gasteiger partial charge < -0.3 is 4.98 Å². The lowest BCUT2D eigenvalue weighted by Crippen LogP contribution is -2.27. The van der Waals surface area contributed by atoms with Crippen LogP contribution in [0.5, 0.6) is 0 Å². The number of sulfonamides is 1. The van der Waals surface area contributed by atoms with Crippen LogP contribution in [-0.2, 0) is 16.4 Å². The smallest absolute Gasteiger partial charge is 0.246 e. The van der Waals surface area contributed by atoms with E-state index >= 15 is 0 Å². The Morgan fingerprint density at radius 3 is 2.53 bits per heavy atom. The molecule has 102 valence electrons. The summed E-state index contributed by atoms with van der Waals surface area (Å²) in [7, 11) is -4.21. The van der Waals surface area contributed by atoms with Crippen LogP contribution in [0.25, 0.3) is 0 Å². The number of imidazole rings is 1. The zero-order valence-electron chi connectivity index (χ0n) is 9.73. The summed E-state index contributed by atoms with van der Waals surface area (Å²) in [6, 6.07) is 2.90. The van der Waals surface area contributed by atoms with Gasteiger partial charge in [-0.25, -0.2) is 26.9 Å². The fraction of sp³-hybridized carbons (Fsp3) is 0.182. The van der Waals surface area contributed by atoms with Gasteiger partial charge in [-0.3, -0.25) is 0 Å². The van der Waals surface area contributed by atoms with Gasteiger partial charge in [-0.15, -0.1) is 0 Å². The molecule has 0 aliphatic carbocycles. The number of benzene rings is 1. The fourth-order valence-electron chi connectivity index (χ4n) is 1.55. The van der Waals surface area contributed by atoms with Crippen molar-refractivity contribution in [2.75, 3.05) is 6.54 Å². The second-order valence-corrected chi connectivity index (χ2v) is 5.48. The molecule has 0 saturated carbocycles. The summed E-state index contributed by atoms with van der Waals surface area (Å²) in [4.78, 5) is 5.60. The van der Waals surface area contributed by atoms with Crippen molar-refractivity contribution in [3.63, 3.8) is 0 Å². The molecule has 1 heterocycles. The minimum absolute atomic E-state index is 0.0122. The van der Waals surface area contributed by atoms with Crippen LogP contribution >= 0.6 is 0 Å². The summed E-state index contributed by atoms with van der Waals surface area (Å²) in [6.45, 7) is 0.0122. The second kappa shape index (κ2) is 5.45.